The summed E-state index contributed by atoms with van der Waals surface area (Å²) in [4.78, 5) is 0. The number of rotatable bonds is 15. The maximum Gasteiger partial charge on any atom is 0.119 e. The Balaban J connectivity index is 2.80. The second kappa shape index (κ2) is 14.1. The third-order valence-corrected chi connectivity index (χ3v) is 5.72. The number of aromatic hydroxyl groups is 1. The van der Waals surface area contributed by atoms with Crippen LogP contribution in [0.15, 0.2) is 12.1 Å². The Bertz CT molecular complexity index is 501. The highest BCUT2D eigenvalue weighted by Crippen LogP contribution is 2.30. The van der Waals surface area contributed by atoms with Crippen LogP contribution in [0, 0.1) is 11.8 Å². The van der Waals surface area contributed by atoms with Gasteiger partial charge in [-0.3, -0.25) is 0 Å². The van der Waals surface area contributed by atoms with Crippen LogP contribution in [0.5, 0.6) is 5.75 Å². The number of unbranched alkanes of at least 4 members (excludes halogenated alkanes) is 5. The molecule has 0 saturated carbocycles. The van der Waals surface area contributed by atoms with Crippen LogP contribution in [0.1, 0.15) is 116 Å². The largest absolute Gasteiger partial charge is 0.508 e. The Morgan fingerprint density at radius 2 is 1.22 bits per heavy atom. The standard InChI is InChI=1S/C26H46O/c1-6-7-8-9-18-25-24(17-13-11-15-22(4)5)23(19-20-26(25)27)16-12-10-14-21(2)3/h19-22,27H,6-18H2,1-5H3. The summed E-state index contributed by atoms with van der Waals surface area (Å²) in [5.74, 6) is 2.13. The van der Waals surface area contributed by atoms with Crippen molar-refractivity contribution < 1.29 is 5.11 Å². The average molecular weight is 375 g/mol. The molecule has 156 valence electrons. The lowest BCUT2D eigenvalue weighted by atomic mass is 9.89. The normalized spacial score (nSPS) is 11.7. The van der Waals surface area contributed by atoms with E-state index in [2.05, 4.69) is 40.7 Å². The number of aryl methyl sites for hydroxylation is 1. The number of hydrogen-bond donors (Lipinski definition) is 1. The SMILES string of the molecule is CCCCCCc1c(O)ccc(CCCCC(C)C)c1CCCCC(C)C. The second-order valence-corrected chi connectivity index (χ2v) is 9.29. The van der Waals surface area contributed by atoms with E-state index in [9.17, 15) is 5.11 Å². The van der Waals surface area contributed by atoms with Gasteiger partial charge in [-0.05, 0) is 73.1 Å². The maximum atomic E-state index is 10.6. The van der Waals surface area contributed by atoms with Crippen molar-refractivity contribution in [3.05, 3.63) is 28.8 Å². The van der Waals surface area contributed by atoms with Crippen LogP contribution < -0.4 is 0 Å². The summed E-state index contributed by atoms with van der Waals surface area (Å²) in [5.41, 5.74) is 4.25. The van der Waals surface area contributed by atoms with E-state index >= 15 is 0 Å². The van der Waals surface area contributed by atoms with Crippen molar-refractivity contribution >= 4 is 0 Å². The molecule has 27 heavy (non-hydrogen) atoms. The molecule has 0 aromatic heterocycles. The van der Waals surface area contributed by atoms with Gasteiger partial charge in [-0.25, -0.2) is 0 Å². The van der Waals surface area contributed by atoms with E-state index in [1.165, 1.54) is 87.3 Å². The van der Waals surface area contributed by atoms with Gasteiger partial charge in [-0.2, -0.15) is 0 Å². The topological polar surface area (TPSA) is 20.2 Å². The van der Waals surface area contributed by atoms with Gasteiger partial charge < -0.3 is 5.11 Å². The molecule has 0 aliphatic carbocycles. The summed E-state index contributed by atoms with van der Waals surface area (Å²) in [6.07, 6.45) is 16.2. The zero-order valence-corrected chi connectivity index (χ0v) is 18.9. The summed E-state index contributed by atoms with van der Waals surface area (Å²) >= 11 is 0. The lowest BCUT2D eigenvalue weighted by Gasteiger charge is -2.17. The van der Waals surface area contributed by atoms with Gasteiger partial charge in [-0.15, -0.1) is 0 Å². The summed E-state index contributed by atoms with van der Waals surface area (Å²) < 4.78 is 0. The monoisotopic (exact) mass is 374 g/mol. The molecule has 0 spiro atoms. The Kier molecular flexibility index (Phi) is 12.5. The van der Waals surface area contributed by atoms with Crippen LogP contribution in [0.25, 0.3) is 0 Å². The zero-order chi connectivity index (χ0) is 20.1. The number of hydrogen-bond acceptors (Lipinski definition) is 1. The number of benzene rings is 1. The summed E-state index contributed by atoms with van der Waals surface area (Å²) in [5, 5.41) is 10.6. The van der Waals surface area contributed by atoms with Crippen molar-refractivity contribution in [3.63, 3.8) is 0 Å². The first-order chi connectivity index (χ1) is 13.0. The molecule has 0 fully saturated rings. The van der Waals surface area contributed by atoms with E-state index in [1.54, 1.807) is 0 Å². The molecule has 0 saturated heterocycles. The smallest absolute Gasteiger partial charge is 0.119 e. The minimum atomic E-state index is 0.538. The molecule has 1 N–H and O–H groups in total. The molecule has 0 atom stereocenters. The van der Waals surface area contributed by atoms with Crippen LogP contribution in [0.2, 0.25) is 0 Å². The molecule has 1 nitrogen and oxygen atoms in total. The molecule has 0 amide bonds. The second-order valence-electron chi connectivity index (χ2n) is 9.29. The van der Waals surface area contributed by atoms with E-state index in [-0.39, 0.29) is 0 Å². The first kappa shape index (κ1) is 24.1. The molecule has 0 bridgehead atoms. The first-order valence-electron chi connectivity index (χ1n) is 11.8. The fourth-order valence-corrected chi connectivity index (χ4v) is 4.00. The van der Waals surface area contributed by atoms with Gasteiger partial charge in [0.25, 0.3) is 0 Å². The van der Waals surface area contributed by atoms with Gasteiger partial charge in [-0.1, -0.05) is 85.6 Å². The molecule has 0 aliphatic heterocycles. The number of phenols is 1. The van der Waals surface area contributed by atoms with Crippen LogP contribution in [-0.2, 0) is 19.3 Å². The summed E-state index contributed by atoms with van der Waals surface area (Å²) in [7, 11) is 0. The molecular formula is C26H46O. The van der Waals surface area contributed by atoms with Crippen LogP contribution >= 0.6 is 0 Å². The third-order valence-electron chi connectivity index (χ3n) is 5.72. The first-order valence-corrected chi connectivity index (χ1v) is 11.8. The maximum absolute atomic E-state index is 10.6. The average Bonchev–Trinajstić information content (AvgIpc) is 2.61. The Morgan fingerprint density at radius 1 is 0.667 bits per heavy atom. The predicted molar refractivity (Wildman–Crippen MR) is 121 cm³/mol. The number of phenolic OH excluding ortho intramolecular Hbond substituents is 1. The minimum absolute atomic E-state index is 0.538. The molecule has 1 aromatic carbocycles. The van der Waals surface area contributed by atoms with Gasteiger partial charge in [0.1, 0.15) is 5.75 Å². The molecule has 0 unspecified atom stereocenters. The fraction of sp³-hybridized carbons (Fsp3) is 0.769. The Labute approximate surface area is 170 Å². The van der Waals surface area contributed by atoms with Crippen LogP contribution in [0.3, 0.4) is 0 Å². The summed E-state index contributed by atoms with van der Waals surface area (Å²) in [6.45, 7) is 11.5. The van der Waals surface area contributed by atoms with E-state index in [4.69, 9.17) is 0 Å². The van der Waals surface area contributed by atoms with Crippen molar-refractivity contribution in [2.24, 2.45) is 11.8 Å². The predicted octanol–water partition coefficient (Wildman–Crippen LogP) is 8.25. The lowest BCUT2D eigenvalue weighted by Crippen LogP contribution is -2.03. The van der Waals surface area contributed by atoms with Gasteiger partial charge in [0.05, 0.1) is 0 Å². The quantitative estimate of drug-likeness (QED) is 0.306. The van der Waals surface area contributed by atoms with E-state index in [1.807, 2.05) is 6.07 Å². The fourth-order valence-electron chi connectivity index (χ4n) is 4.00. The van der Waals surface area contributed by atoms with Crippen molar-refractivity contribution in [2.45, 2.75) is 118 Å². The summed E-state index contributed by atoms with van der Waals surface area (Å²) in [6, 6.07) is 4.17. The van der Waals surface area contributed by atoms with Crippen molar-refractivity contribution in [2.75, 3.05) is 0 Å². The van der Waals surface area contributed by atoms with E-state index < -0.39 is 0 Å². The van der Waals surface area contributed by atoms with Crippen LogP contribution in [-0.4, -0.2) is 5.11 Å². The van der Waals surface area contributed by atoms with Crippen molar-refractivity contribution in [1.82, 2.24) is 0 Å². The van der Waals surface area contributed by atoms with E-state index in [0.29, 0.717) is 5.75 Å². The van der Waals surface area contributed by atoms with Crippen molar-refractivity contribution in [3.8, 4) is 5.75 Å². The van der Waals surface area contributed by atoms with Crippen LogP contribution in [0.4, 0.5) is 0 Å². The Hall–Kier alpha value is -0.980. The van der Waals surface area contributed by atoms with Gasteiger partial charge in [0.2, 0.25) is 0 Å². The third kappa shape index (κ3) is 10.2. The molecule has 1 heteroatoms. The molecular weight excluding hydrogens is 328 g/mol. The Morgan fingerprint density at radius 3 is 1.81 bits per heavy atom. The van der Waals surface area contributed by atoms with Gasteiger partial charge in [0, 0.05) is 0 Å². The molecule has 1 rings (SSSR count). The highest BCUT2D eigenvalue weighted by atomic mass is 16.3. The highest BCUT2D eigenvalue weighted by Gasteiger charge is 2.13. The van der Waals surface area contributed by atoms with E-state index in [0.717, 1.165) is 24.7 Å². The molecule has 0 aliphatic rings. The van der Waals surface area contributed by atoms with Gasteiger partial charge in [0.15, 0.2) is 0 Å². The van der Waals surface area contributed by atoms with Gasteiger partial charge >= 0.3 is 0 Å². The highest BCUT2D eigenvalue weighted by molar-refractivity contribution is 5.45. The molecule has 0 radical (unpaired) electrons. The van der Waals surface area contributed by atoms with Crippen molar-refractivity contribution in [1.29, 1.82) is 0 Å². The lowest BCUT2D eigenvalue weighted by molar-refractivity contribution is 0.463. The molecule has 1 aromatic rings. The minimum Gasteiger partial charge on any atom is -0.508 e. The molecule has 0 heterocycles. The zero-order valence-electron chi connectivity index (χ0n) is 18.9.